The molecule has 14 nitrogen and oxygen atoms in total. The van der Waals surface area contributed by atoms with Crippen LogP contribution in [-0.4, -0.2) is 81.2 Å². The van der Waals surface area contributed by atoms with Gasteiger partial charge in [0.1, 0.15) is 24.2 Å². The highest BCUT2D eigenvalue weighted by Gasteiger charge is 2.34. The van der Waals surface area contributed by atoms with Gasteiger partial charge in [0.2, 0.25) is 23.6 Å². The van der Waals surface area contributed by atoms with Crippen LogP contribution < -0.4 is 27.4 Å². The van der Waals surface area contributed by atoms with Gasteiger partial charge in [0, 0.05) is 0 Å². The normalized spacial score (nSPS) is 16.4. The molecule has 0 heterocycles. The van der Waals surface area contributed by atoms with Crippen molar-refractivity contribution in [3.05, 3.63) is 0 Å². The lowest BCUT2D eigenvalue weighted by molar-refractivity contribution is -0.147. The van der Waals surface area contributed by atoms with E-state index in [9.17, 15) is 33.9 Å². The Morgan fingerprint density at radius 2 is 1.38 bits per heavy atom. The quantitative estimate of drug-likeness (QED) is 0.127. The van der Waals surface area contributed by atoms with Crippen molar-refractivity contribution < 1.29 is 44.1 Å². The minimum atomic E-state index is -1.82. The van der Waals surface area contributed by atoms with E-state index in [2.05, 4.69) is 10.6 Å². The van der Waals surface area contributed by atoms with Crippen LogP contribution in [0.2, 0.25) is 0 Å². The molecule has 0 fully saturated rings. The minimum absolute atomic E-state index is 0.411. The number of carbonyl (C=O) groups is 6. The first-order chi connectivity index (χ1) is 14.7. The standard InChI is InChI=1S/C18H31N5O9/c1-4-7(2)14(23-16(29)13(20)8(3)24)17(30)21-9(5-11(19)25)15(28)22-10(18(31)32)6-12(26)27/h7-10,13-14,24H,4-6,20H2,1-3H3,(H2,19,25)(H,21,30)(H,22,28)(H,23,29)(H,26,27)(H,31,32). The summed E-state index contributed by atoms with van der Waals surface area (Å²) in [4.78, 5) is 70.8. The molecule has 182 valence electrons. The maximum absolute atomic E-state index is 12.8. The van der Waals surface area contributed by atoms with Gasteiger partial charge in [-0.15, -0.1) is 0 Å². The average Bonchev–Trinajstić information content (AvgIpc) is 2.68. The fourth-order valence-electron chi connectivity index (χ4n) is 2.49. The number of aliphatic hydroxyl groups excluding tert-OH is 1. The summed E-state index contributed by atoms with van der Waals surface area (Å²) in [6.07, 6.45) is -2.45. The van der Waals surface area contributed by atoms with Crippen LogP contribution in [0.15, 0.2) is 0 Å². The lowest BCUT2D eigenvalue weighted by Crippen LogP contribution is -2.60. The van der Waals surface area contributed by atoms with E-state index in [4.69, 9.17) is 21.7 Å². The average molecular weight is 461 g/mol. The smallest absolute Gasteiger partial charge is 0.326 e. The zero-order chi connectivity index (χ0) is 25.2. The molecule has 6 atom stereocenters. The lowest BCUT2D eigenvalue weighted by Gasteiger charge is -2.28. The van der Waals surface area contributed by atoms with E-state index in [0.717, 1.165) is 0 Å². The molecule has 0 aromatic carbocycles. The Balaban J connectivity index is 5.61. The third-order valence-corrected chi connectivity index (χ3v) is 4.65. The number of primary amides is 1. The molecule has 0 aliphatic carbocycles. The highest BCUT2D eigenvalue weighted by atomic mass is 16.4. The van der Waals surface area contributed by atoms with Gasteiger partial charge >= 0.3 is 11.9 Å². The summed E-state index contributed by atoms with van der Waals surface area (Å²) in [6.45, 7) is 4.63. The van der Waals surface area contributed by atoms with Crippen molar-refractivity contribution in [1.82, 2.24) is 16.0 Å². The van der Waals surface area contributed by atoms with Crippen LogP contribution in [0.25, 0.3) is 0 Å². The molecule has 0 aliphatic rings. The molecule has 0 rings (SSSR count). The Labute approximate surface area is 184 Å². The van der Waals surface area contributed by atoms with E-state index in [1.165, 1.54) is 6.92 Å². The van der Waals surface area contributed by atoms with Gasteiger partial charge in [-0.05, 0) is 12.8 Å². The number of hydrogen-bond acceptors (Lipinski definition) is 8. The molecular weight excluding hydrogens is 430 g/mol. The van der Waals surface area contributed by atoms with E-state index in [0.29, 0.717) is 6.42 Å². The predicted molar refractivity (Wildman–Crippen MR) is 109 cm³/mol. The first-order valence-corrected chi connectivity index (χ1v) is 9.78. The highest BCUT2D eigenvalue weighted by molar-refractivity contribution is 5.96. The van der Waals surface area contributed by atoms with Crippen LogP contribution in [0.4, 0.5) is 0 Å². The highest BCUT2D eigenvalue weighted by Crippen LogP contribution is 2.10. The van der Waals surface area contributed by atoms with Gasteiger partial charge in [0.15, 0.2) is 0 Å². The number of hydrogen-bond donors (Lipinski definition) is 8. The third-order valence-electron chi connectivity index (χ3n) is 4.65. The Hall–Kier alpha value is -3.26. The Kier molecular flexibility index (Phi) is 11.9. The second kappa shape index (κ2) is 13.2. The van der Waals surface area contributed by atoms with Gasteiger partial charge in [0.25, 0.3) is 0 Å². The second-order valence-corrected chi connectivity index (χ2v) is 7.37. The van der Waals surface area contributed by atoms with Crippen LogP contribution in [0.5, 0.6) is 0 Å². The van der Waals surface area contributed by atoms with Gasteiger partial charge in [-0.1, -0.05) is 20.3 Å². The first-order valence-electron chi connectivity index (χ1n) is 9.78. The molecule has 0 aromatic rings. The number of carbonyl (C=O) groups excluding carboxylic acids is 4. The number of nitrogens with one attached hydrogen (secondary N) is 3. The van der Waals surface area contributed by atoms with E-state index >= 15 is 0 Å². The van der Waals surface area contributed by atoms with E-state index in [1.807, 2.05) is 5.32 Å². The van der Waals surface area contributed by atoms with Crippen LogP contribution in [0, 0.1) is 5.92 Å². The molecule has 0 saturated heterocycles. The zero-order valence-electron chi connectivity index (χ0n) is 18.0. The molecule has 0 aromatic heterocycles. The Morgan fingerprint density at radius 3 is 1.78 bits per heavy atom. The molecular formula is C18H31N5O9. The van der Waals surface area contributed by atoms with Gasteiger partial charge in [-0.2, -0.15) is 0 Å². The SMILES string of the molecule is CCC(C)C(NC(=O)C(N)C(C)O)C(=O)NC(CC(N)=O)C(=O)NC(CC(=O)O)C(=O)O. The number of carboxylic acids is 2. The Bertz CT molecular complexity index is 728. The van der Waals surface area contributed by atoms with Gasteiger partial charge in [-0.25, -0.2) is 4.79 Å². The van der Waals surface area contributed by atoms with Gasteiger partial charge < -0.3 is 42.7 Å². The van der Waals surface area contributed by atoms with Crippen molar-refractivity contribution in [2.75, 3.05) is 0 Å². The summed E-state index contributed by atoms with van der Waals surface area (Å²) in [5.41, 5.74) is 10.7. The van der Waals surface area contributed by atoms with Gasteiger partial charge in [0.05, 0.1) is 18.9 Å². The maximum atomic E-state index is 12.8. The van der Waals surface area contributed by atoms with E-state index in [1.54, 1.807) is 13.8 Å². The molecule has 0 radical (unpaired) electrons. The summed E-state index contributed by atoms with van der Waals surface area (Å²) >= 11 is 0. The summed E-state index contributed by atoms with van der Waals surface area (Å²) in [6, 6.07) is -5.99. The van der Waals surface area contributed by atoms with Crippen LogP contribution >= 0.6 is 0 Å². The maximum Gasteiger partial charge on any atom is 0.326 e. The lowest BCUT2D eigenvalue weighted by atomic mass is 9.97. The Morgan fingerprint density at radius 1 is 0.844 bits per heavy atom. The molecule has 14 heteroatoms. The van der Waals surface area contributed by atoms with Crippen LogP contribution in [0.3, 0.4) is 0 Å². The number of aliphatic carboxylic acids is 2. The van der Waals surface area contributed by atoms with Crippen LogP contribution in [0.1, 0.15) is 40.0 Å². The zero-order valence-corrected chi connectivity index (χ0v) is 18.0. The summed E-state index contributed by atoms with van der Waals surface area (Å²) in [5.74, 6) is -7.47. The fourth-order valence-corrected chi connectivity index (χ4v) is 2.49. The fraction of sp³-hybridized carbons (Fsp3) is 0.667. The number of carboxylic acid groups (broad SMARTS) is 2. The molecule has 0 spiro atoms. The third kappa shape index (κ3) is 9.70. The monoisotopic (exact) mass is 461 g/mol. The summed E-state index contributed by atoms with van der Waals surface area (Å²) in [7, 11) is 0. The number of amides is 4. The van der Waals surface area contributed by atoms with Crippen molar-refractivity contribution in [3.8, 4) is 0 Å². The van der Waals surface area contributed by atoms with E-state index < -0.39 is 84.6 Å². The minimum Gasteiger partial charge on any atom is -0.481 e. The molecule has 6 unspecified atom stereocenters. The predicted octanol–water partition coefficient (Wildman–Crippen LogP) is -3.37. The second-order valence-electron chi connectivity index (χ2n) is 7.37. The van der Waals surface area contributed by atoms with Crippen LogP contribution in [-0.2, 0) is 28.8 Å². The number of aliphatic hydroxyl groups is 1. The summed E-state index contributed by atoms with van der Waals surface area (Å²) < 4.78 is 0. The van der Waals surface area contributed by atoms with E-state index in [-0.39, 0.29) is 0 Å². The van der Waals surface area contributed by atoms with Gasteiger partial charge in [-0.3, -0.25) is 24.0 Å². The van der Waals surface area contributed by atoms with Crippen molar-refractivity contribution in [1.29, 1.82) is 0 Å². The largest absolute Gasteiger partial charge is 0.481 e. The summed E-state index contributed by atoms with van der Waals surface area (Å²) in [5, 5.41) is 33.8. The molecule has 4 amide bonds. The van der Waals surface area contributed by atoms with Crippen molar-refractivity contribution in [2.45, 2.75) is 70.3 Å². The van der Waals surface area contributed by atoms with Crippen molar-refractivity contribution in [3.63, 3.8) is 0 Å². The number of nitrogens with two attached hydrogens (primary N) is 2. The van der Waals surface area contributed by atoms with Crippen molar-refractivity contribution in [2.24, 2.45) is 17.4 Å². The molecule has 0 saturated carbocycles. The topological polar surface area (TPSA) is 251 Å². The molecule has 0 aliphatic heterocycles. The molecule has 0 bridgehead atoms. The molecule has 10 N–H and O–H groups in total. The molecule has 32 heavy (non-hydrogen) atoms. The first kappa shape index (κ1) is 28.7. The number of rotatable bonds is 14. The van der Waals surface area contributed by atoms with Crippen molar-refractivity contribution >= 4 is 35.6 Å².